The molecule has 0 aliphatic carbocycles. The Kier molecular flexibility index (Phi) is 5.80. The lowest BCUT2D eigenvalue weighted by Gasteiger charge is -2.15. The first-order valence-electron chi connectivity index (χ1n) is 10.2. The first-order chi connectivity index (χ1) is 16.1. The summed E-state index contributed by atoms with van der Waals surface area (Å²) in [5.41, 5.74) is 1.99. The molecule has 0 spiro atoms. The number of hydrogen-bond donors (Lipinski definition) is 0. The number of carbonyl (C=O) groups excluding carboxylic acids is 1. The molecular formula is C24H17N3O4S2. The Morgan fingerprint density at radius 1 is 0.909 bits per heavy atom. The Morgan fingerprint density at radius 3 is 2.18 bits per heavy atom. The second-order valence-corrected chi connectivity index (χ2v) is 9.51. The number of carbonyl (C=O) groups is 1. The summed E-state index contributed by atoms with van der Waals surface area (Å²) >= 11 is 3.12. The number of rotatable bonds is 7. The highest BCUT2D eigenvalue weighted by Gasteiger charge is 2.23. The number of non-ortho nitro benzene ring substituents is 1. The first kappa shape index (κ1) is 21.2. The summed E-state index contributed by atoms with van der Waals surface area (Å²) in [4.78, 5) is 32.6. The monoisotopic (exact) mass is 475 g/mol. The largest absolute Gasteiger partial charge is 0.451 e. The van der Waals surface area contributed by atoms with Crippen LogP contribution in [0.15, 0.2) is 72.8 Å². The molecule has 2 aromatic heterocycles. The molecule has 0 fully saturated rings. The number of aryl methyl sites for hydroxylation is 1. The van der Waals surface area contributed by atoms with Gasteiger partial charge in [0.15, 0.2) is 6.10 Å². The lowest BCUT2D eigenvalue weighted by Crippen LogP contribution is -2.12. The van der Waals surface area contributed by atoms with Crippen LogP contribution in [0.1, 0.15) is 32.9 Å². The number of para-hydroxylation sites is 2. The van der Waals surface area contributed by atoms with Crippen molar-refractivity contribution in [3.8, 4) is 0 Å². The lowest BCUT2D eigenvalue weighted by atomic mass is 10.2. The Hall–Kier alpha value is -3.69. The van der Waals surface area contributed by atoms with E-state index in [-0.39, 0.29) is 11.3 Å². The second-order valence-electron chi connectivity index (χ2n) is 7.33. The molecule has 0 amide bonds. The van der Waals surface area contributed by atoms with Gasteiger partial charge in [-0.1, -0.05) is 24.3 Å². The van der Waals surface area contributed by atoms with Crippen LogP contribution in [0.5, 0.6) is 0 Å². The van der Waals surface area contributed by atoms with Crippen molar-refractivity contribution in [3.63, 3.8) is 0 Å². The minimum atomic E-state index is -0.558. The zero-order valence-corrected chi connectivity index (χ0v) is 18.8. The second kappa shape index (κ2) is 9.05. The van der Waals surface area contributed by atoms with Crippen LogP contribution in [-0.4, -0.2) is 20.9 Å². The summed E-state index contributed by atoms with van der Waals surface area (Å²) in [5, 5.41) is 12.6. The van der Waals surface area contributed by atoms with Gasteiger partial charge in [0, 0.05) is 18.6 Å². The quantitative estimate of drug-likeness (QED) is 0.155. The zero-order chi connectivity index (χ0) is 22.8. The smallest absolute Gasteiger partial charge is 0.338 e. The van der Waals surface area contributed by atoms with Crippen LogP contribution in [0, 0.1) is 10.1 Å². The van der Waals surface area contributed by atoms with Crippen LogP contribution < -0.4 is 0 Å². The molecule has 2 heterocycles. The number of esters is 1. The first-order valence-corrected chi connectivity index (χ1v) is 11.9. The molecule has 0 N–H and O–H groups in total. The number of nitrogens with zero attached hydrogens (tertiary/aromatic N) is 3. The van der Waals surface area contributed by atoms with E-state index in [1.807, 2.05) is 48.5 Å². The highest BCUT2D eigenvalue weighted by atomic mass is 32.1. The minimum absolute atomic E-state index is 0.0786. The van der Waals surface area contributed by atoms with Crippen LogP contribution in [0.3, 0.4) is 0 Å². The van der Waals surface area contributed by atoms with Gasteiger partial charge < -0.3 is 4.74 Å². The van der Waals surface area contributed by atoms with E-state index in [2.05, 4.69) is 9.97 Å². The van der Waals surface area contributed by atoms with Gasteiger partial charge in [0.1, 0.15) is 5.01 Å². The van der Waals surface area contributed by atoms with Crippen LogP contribution in [0.25, 0.3) is 20.4 Å². The molecule has 5 aromatic rings. The predicted molar refractivity (Wildman–Crippen MR) is 129 cm³/mol. The maximum absolute atomic E-state index is 12.8. The summed E-state index contributed by atoms with van der Waals surface area (Å²) in [6.45, 7) is 0. The van der Waals surface area contributed by atoms with E-state index in [1.165, 1.54) is 35.6 Å². The van der Waals surface area contributed by atoms with E-state index in [4.69, 9.17) is 4.74 Å². The molecule has 33 heavy (non-hydrogen) atoms. The maximum Gasteiger partial charge on any atom is 0.338 e. The predicted octanol–water partition coefficient (Wildman–Crippen LogP) is 6.35. The molecule has 5 rings (SSSR count). The molecule has 0 saturated carbocycles. The fourth-order valence-electron chi connectivity index (χ4n) is 3.46. The van der Waals surface area contributed by atoms with Crippen molar-refractivity contribution in [1.82, 2.24) is 9.97 Å². The summed E-state index contributed by atoms with van der Waals surface area (Å²) in [6.07, 6.45) is 0.600. The van der Waals surface area contributed by atoms with Gasteiger partial charge in [0.2, 0.25) is 0 Å². The molecule has 0 radical (unpaired) electrons. The fourth-order valence-corrected chi connectivity index (χ4v) is 5.47. The summed E-state index contributed by atoms with van der Waals surface area (Å²) in [6, 6.07) is 21.2. The SMILES string of the molecule is O=C(O[C@H](CCc1nc2ccccc2s1)c1nc2ccccc2s1)c1ccc([N+](=O)[O-])cc1. The van der Waals surface area contributed by atoms with E-state index in [1.54, 1.807) is 11.3 Å². The van der Waals surface area contributed by atoms with Crippen LogP contribution in [0.2, 0.25) is 0 Å². The molecule has 0 saturated heterocycles. The van der Waals surface area contributed by atoms with Gasteiger partial charge in [-0.05, 0) is 42.8 Å². The number of hydrogen-bond acceptors (Lipinski definition) is 8. The highest BCUT2D eigenvalue weighted by molar-refractivity contribution is 7.19. The normalized spacial score (nSPS) is 12.1. The number of nitro benzene ring substituents is 1. The number of ether oxygens (including phenoxy) is 1. The highest BCUT2D eigenvalue weighted by Crippen LogP contribution is 2.33. The molecule has 3 aromatic carbocycles. The van der Waals surface area contributed by atoms with Crippen molar-refractivity contribution in [2.45, 2.75) is 18.9 Å². The molecule has 0 unspecified atom stereocenters. The number of benzene rings is 3. The third kappa shape index (κ3) is 4.59. The Morgan fingerprint density at radius 2 is 1.55 bits per heavy atom. The van der Waals surface area contributed by atoms with Gasteiger partial charge in [-0.3, -0.25) is 10.1 Å². The van der Waals surface area contributed by atoms with E-state index in [0.717, 1.165) is 25.4 Å². The van der Waals surface area contributed by atoms with Crippen LogP contribution in [-0.2, 0) is 11.2 Å². The van der Waals surface area contributed by atoms with Crippen molar-refractivity contribution in [2.24, 2.45) is 0 Å². The summed E-state index contributed by atoms with van der Waals surface area (Å²) in [5.74, 6) is -0.543. The number of fused-ring (bicyclic) bond motifs is 2. The van der Waals surface area contributed by atoms with E-state index >= 15 is 0 Å². The van der Waals surface area contributed by atoms with E-state index in [0.29, 0.717) is 17.8 Å². The van der Waals surface area contributed by atoms with Crippen molar-refractivity contribution in [1.29, 1.82) is 0 Å². The molecular weight excluding hydrogens is 458 g/mol. The van der Waals surface area contributed by atoms with Gasteiger partial charge in [-0.2, -0.15) is 0 Å². The molecule has 7 nitrogen and oxygen atoms in total. The van der Waals surface area contributed by atoms with Crippen LogP contribution >= 0.6 is 22.7 Å². The molecule has 0 bridgehead atoms. The lowest BCUT2D eigenvalue weighted by molar-refractivity contribution is -0.384. The number of thiazole rings is 2. The number of aromatic nitrogens is 2. The summed E-state index contributed by atoms with van der Waals surface area (Å²) in [7, 11) is 0. The van der Waals surface area contributed by atoms with Crippen LogP contribution in [0.4, 0.5) is 5.69 Å². The average Bonchev–Trinajstić information content (AvgIpc) is 3.45. The third-order valence-electron chi connectivity index (χ3n) is 5.11. The van der Waals surface area contributed by atoms with Crippen molar-refractivity contribution in [2.75, 3.05) is 0 Å². The van der Waals surface area contributed by atoms with E-state index in [9.17, 15) is 14.9 Å². The number of nitro groups is 1. The Labute approximate surface area is 196 Å². The van der Waals surface area contributed by atoms with Gasteiger partial charge in [-0.25, -0.2) is 14.8 Å². The molecule has 1 atom stereocenters. The third-order valence-corrected chi connectivity index (χ3v) is 7.33. The van der Waals surface area contributed by atoms with Gasteiger partial charge in [-0.15, -0.1) is 22.7 Å². The zero-order valence-electron chi connectivity index (χ0n) is 17.2. The van der Waals surface area contributed by atoms with Crippen molar-refractivity contribution >= 4 is 54.8 Å². The Balaban J connectivity index is 1.40. The molecule has 9 heteroatoms. The van der Waals surface area contributed by atoms with Crippen molar-refractivity contribution in [3.05, 3.63) is 98.5 Å². The van der Waals surface area contributed by atoms with Crippen molar-refractivity contribution < 1.29 is 14.5 Å². The molecule has 0 aliphatic heterocycles. The maximum atomic E-state index is 12.8. The standard InChI is InChI=1S/C24H17N3O4S2/c28-24(15-9-11-16(12-10-15)27(29)30)31-19(23-26-18-6-2-4-8-21(18)33-23)13-14-22-25-17-5-1-3-7-20(17)32-22/h1-12,19H,13-14H2/t19-/m1/s1. The topological polar surface area (TPSA) is 95.2 Å². The van der Waals surface area contributed by atoms with E-state index < -0.39 is 17.0 Å². The average molecular weight is 476 g/mol. The van der Waals surface area contributed by atoms with Gasteiger partial charge >= 0.3 is 5.97 Å². The fraction of sp³-hybridized carbons (Fsp3) is 0.125. The molecule has 164 valence electrons. The Bertz CT molecular complexity index is 1390. The van der Waals surface area contributed by atoms with Gasteiger partial charge in [0.05, 0.1) is 35.9 Å². The summed E-state index contributed by atoms with van der Waals surface area (Å²) < 4.78 is 8.00. The molecule has 0 aliphatic rings. The van der Waals surface area contributed by atoms with Gasteiger partial charge in [0.25, 0.3) is 5.69 Å². The minimum Gasteiger partial charge on any atom is -0.451 e.